The fourth-order valence-electron chi connectivity index (χ4n) is 3.21. The van der Waals surface area contributed by atoms with Gasteiger partial charge in [0.15, 0.2) is 0 Å². The van der Waals surface area contributed by atoms with Crippen molar-refractivity contribution < 1.29 is 14.9 Å². The summed E-state index contributed by atoms with van der Waals surface area (Å²) in [6, 6.07) is 9.01. The van der Waals surface area contributed by atoms with Crippen LogP contribution in [0.4, 0.5) is 0 Å². The van der Waals surface area contributed by atoms with Crippen LogP contribution in [0.5, 0.6) is 0 Å². The minimum absolute atomic E-state index is 0.116. The van der Waals surface area contributed by atoms with E-state index >= 15 is 0 Å². The van der Waals surface area contributed by atoms with Crippen LogP contribution in [0.15, 0.2) is 30.3 Å². The summed E-state index contributed by atoms with van der Waals surface area (Å²) in [6.07, 6.45) is -0.147. The van der Waals surface area contributed by atoms with E-state index in [4.69, 9.17) is 5.73 Å². The van der Waals surface area contributed by atoms with Gasteiger partial charge in [0.2, 0.25) is 5.91 Å². The van der Waals surface area contributed by atoms with Crippen LogP contribution in [0, 0.1) is 0 Å². The molecular formula is C17H29BN4O3. The van der Waals surface area contributed by atoms with E-state index in [2.05, 4.69) is 5.32 Å². The van der Waals surface area contributed by atoms with Crippen LogP contribution in [0.2, 0.25) is 6.82 Å². The van der Waals surface area contributed by atoms with Crippen LogP contribution in [-0.4, -0.2) is 84.2 Å². The maximum atomic E-state index is 12.2. The predicted molar refractivity (Wildman–Crippen MR) is 99.0 cm³/mol. The van der Waals surface area contributed by atoms with Crippen molar-refractivity contribution in [1.82, 2.24) is 15.0 Å². The van der Waals surface area contributed by atoms with E-state index in [9.17, 15) is 14.9 Å². The molecule has 3 atom stereocenters. The second kappa shape index (κ2) is 9.31. The van der Waals surface area contributed by atoms with E-state index < -0.39 is 25.2 Å². The number of aliphatic hydroxyl groups excluding tert-OH is 1. The van der Waals surface area contributed by atoms with E-state index in [-0.39, 0.29) is 5.91 Å². The average molecular weight is 348 g/mol. The molecule has 138 valence electrons. The number of β-amino-alcohol motifs (C(OH)–C–C–N with tert-alkyl or cyclic N) is 1. The molecule has 0 aromatic heterocycles. The summed E-state index contributed by atoms with van der Waals surface area (Å²) in [4.78, 5) is 16.0. The fraction of sp³-hybridized carbons (Fsp3) is 0.588. The average Bonchev–Trinajstić information content (AvgIpc) is 2.61. The van der Waals surface area contributed by atoms with Crippen molar-refractivity contribution >= 4 is 13.0 Å². The van der Waals surface area contributed by atoms with Crippen LogP contribution in [-0.2, 0) is 11.2 Å². The molecule has 25 heavy (non-hydrogen) atoms. The highest BCUT2D eigenvalue weighted by atomic mass is 16.3. The van der Waals surface area contributed by atoms with Gasteiger partial charge in [-0.3, -0.25) is 9.69 Å². The summed E-state index contributed by atoms with van der Waals surface area (Å²) in [6.45, 7) is 3.70. The van der Waals surface area contributed by atoms with Crippen molar-refractivity contribution in [3.63, 3.8) is 0 Å². The van der Waals surface area contributed by atoms with Gasteiger partial charge in [-0.15, -0.1) is 0 Å². The lowest BCUT2D eigenvalue weighted by Gasteiger charge is -2.42. The number of benzene rings is 1. The van der Waals surface area contributed by atoms with E-state index in [1.54, 1.807) is 13.9 Å². The molecule has 1 fully saturated rings. The van der Waals surface area contributed by atoms with Crippen molar-refractivity contribution in [3.8, 4) is 0 Å². The summed E-state index contributed by atoms with van der Waals surface area (Å²) in [5, 5.41) is 23.0. The number of amides is 1. The number of nitrogens with zero attached hydrogens (tertiary/aromatic N) is 2. The second-order valence-corrected chi connectivity index (χ2v) is 6.67. The Morgan fingerprint density at radius 2 is 2.08 bits per heavy atom. The Hall–Kier alpha value is -1.45. The normalized spacial score (nSPS) is 21.6. The van der Waals surface area contributed by atoms with E-state index in [1.807, 2.05) is 40.0 Å². The van der Waals surface area contributed by atoms with Crippen molar-refractivity contribution in [2.45, 2.75) is 31.4 Å². The Labute approximate surface area is 149 Å². The van der Waals surface area contributed by atoms with Gasteiger partial charge in [-0.1, -0.05) is 30.3 Å². The van der Waals surface area contributed by atoms with Gasteiger partial charge in [0, 0.05) is 39.3 Å². The topological polar surface area (TPSA) is 102 Å². The predicted octanol–water partition coefficient (Wildman–Crippen LogP) is -1.24. The third kappa shape index (κ3) is 5.52. The van der Waals surface area contributed by atoms with Gasteiger partial charge in [-0.05, 0) is 18.8 Å². The SMILES string of the molecule is CNC(=O)C1CN(B(C)O)CCN1CC(O)C(N)Cc1ccccc1. The number of piperazine rings is 1. The molecule has 0 saturated carbocycles. The second-order valence-electron chi connectivity index (χ2n) is 6.67. The maximum absolute atomic E-state index is 12.2. The van der Waals surface area contributed by atoms with E-state index in [0.717, 1.165) is 5.56 Å². The summed E-state index contributed by atoms with van der Waals surface area (Å²) in [5.41, 5.74) is 7.25. The van der Waals surface area contributed by atoms with Gasteiger partial charge in [0.05, 0.1) is 6.10 Å². The molecular weight excluding hydrogens is 319 g/mol. The highest BCUT2D eigenvalue weighted by molar-refractivity contribution is 6.45. The molecule has 1 aliphatic rings. The molecule has 0 bridgehead atoms. The molecule has 0 aliphatic carbocycles. The van der Waals surface area contributed by atoms with Crippen molar-refractivity contribution in [2.75, 3.05) is 33.2 Å². The van der Waals surface area contributed by atoms with E-state index in [0.29, 0.717) is 32.6 Å². The van der Waals surface area contributed by atoms with Gasteiger partial charge < -0.3 is 26.0 Å². The minimum atomic E-state index is -0.731. The number of carbonyl (C=O) groups is 1. The Morgan fingerprint density at radius 3 is 2.68 bits per heavy atom. The third-order valence-corrected chi connectivity index (χ3v) is 4.83. The van der Waals surface area contributed by atoms with Crippen LogP contribution < -0.4 is 11.1 Å². The fourth-order valence-corrected chi connectivity index (χ4v) is 3.21. The number of rotatable bonds is 7. The van der Waals surface area contributed by atoms with Crippen molar-refractivity contribution in [3.05, 3.63) is 35.9 Å². The number of likely N-dealkylation sites (N-methyl/N-ethyl adjacent to an activating group) is 1. The number of aliphatic hydroxyl groups is 1. The number of carbonyl (C=O) groups excluding carboxylic acids is 1. The molecule has 2 rings (SSSR count). The highest BCUT2D eigenvalue weighted by Crippen LogP contribution is 2.13. The molecule has 1 aromatic carbocycles. The Kier molecular flexibility index (Phi) is 7.40. The van der Waals surface area contributed by atoms with Crippen LogP contribution in [0.25, 0.3) is 0 Å². The quantitative estimate of drug-likeness (QED) is 0.460. The first-order valence-electron chi connectivity index (χ1n) is 8.77. The van der Waals surface area contributed by atoms with Gasteiger partial charge in [0.1, 0.15) is 6.04 Å². The molecule has 1 heterocycles. The number of nitrogens with one attached hydrogen (secondary N) is 1. The Bertz CT molecular complexity index is 546. The molecule has 0 radical (unpaired) electrons. The van der Waals surface area contributed by atoms with Gasteiger partial charge in [-0.25, -0.2) is 0 Å². The van der Waals surface area contributed by atoms with Gasteiger partial charge in [0.25, 0.3) is 0 Å². The molecule has 0 spiro atoms. The lowest BCUT2D eigenvalue weighted by atomic mass is 9.83. The zero-order valence-electron chi connectivity index (χ0n) is 15.0. The molecule has 1 aliphatic heterocycles. The smallest absolute Gasteiger partial charge is 0.376 e. The minimum Gasteiger partial charge on any atom is -0.437 e. The van der Waals surface area contributed by atoms with Crippen molar-refractivity contribution in [1.29, 1.82) is 0 Å². The third-order valence-electron chi connectivity index (χ3n) is 4.83. The lowest BCUT2D eigenvalue weighted by molar-refractivity contribution is -0.128. The van der Waals surface area contributed by atoms with Crippen molar-refractivity contribution in [2.24, 2.45) is 5.73 Å². The zero-order chi connectivity index (χ0) is 18.4. The van der Waals surface area contributed by atoms with Crippen LogP contribution >= 0.6 is 0 Å². The molecule has 1 aromatic rings. The molecule has 8 heteroatoms. The maximum Gasteiger partial charge on any atom is 0.376 e. The number of nitrogens with two attached hydrogens (primary N) is 1. The first-order chi connectivity index (χ1) is 11.9. The number of hydrogen-bond donors (Lipinski definition) is 4. The van der Waals surface area contributed by atoms with Gasteiger partial charge >= 0.3 is 7.05 Å². The number of hydrogen-bond acceptors (Lipinski definition) is 6. The first-order valence-corrected chi connectivity index (χ1v) is 8.77. The largest absolute Gasteiger partial charge is 0.437 e. The Morgan fingerprint density at radius 1 is 1.40 bits per heavy atom. The molecule has 5 N–H and O–H groups in total. The van der Waals surface area contributed by atoms with Gasteiger partial charge in [-0.2, -0.15) is 0 Å². The zero-order valence-corrected chi connectivity index (χ0v) is 15.0. The summed E-state index contributed by atoms with van der Waals surface area (Å²) >= 11 is 0. The highest BCUT2D eigenvalue weighted by Gasteiger charge is 2.35. The van der Waals surface area contributed by atoms with Crippen LogP contribution in [0.3, 0.4) is 0 Å². The van der Waals surface area contributed by atoms with Crippen LogP contribution in [0.1, 0.15) is 5.56 Å². The molecule has 3 unspecified atom stereocenters. The monoisotopic (exact) mass is 348 g/mol. The lowest BCUT2D eigenvalue weighted by Crippen LogP contribution is -2.63. The molecule has 7 nitrogen and oxygen atoms in total. The summed E-state index contributed by atoms with van der Waals surface area (Å²) < 4.78 is 0. The molecule has 1 saturated heterocycles. The first kappa shape index (κ1) is 19.9. The molecule has 1 amide bonds. The standard InChI is InChI=1S/C17H29BN4O3/c1-18(25)22-9-8-21(15(11-22)17(24)20-2)12-16(23)14(19)10-13-6-4-3-5-7-13/h3-7,14-16,23,25H,8-12,19H2,1-2H3,(H,20,24). The van der Waals surface area contributed by atoms with E-state index in [1.165, 1.54) is 0 Å². The summed E-state index contributed by atoms with van der Waals surface area (Å²) in [7, 11) is 0.999. The Balaban J connectivity index is 1.97. The summed E-state index contributed by atoms with van der Waals surface area (Å²) in [5.74, 6) is -0.116.